The third-order valence-electron chi connectivity index (χ3n) is 3.93. The molecule has 1 heterocycles. The molecule has 0 radical (unpaired) electrons. The van der Waals surface area contributed by atoms with Crippen molar-refractivity contribution in [3.05, 3.63) is 16.9 Å². The Kier molecular flexibility index (Phi) is 4.68. The van der Waals surface area contributed by atoms with Crippen LogP contribution in [-0.2, 0) is 6.54 Å². The van der Waals surface area contributed by atoms with Crippen LogP contribution in [0.4, 0.5) is 0 Å². The quantitative estimate of drug-likeness (QED) is 0.887. The summed E-state index contributed by atoms with van der Waals surface area (Å²) >= 11 is 6.33. The summed E-state index contributed by atoms with van der Waals surface area (Å²) in [6.45, 7) is 8.53. The van der Waals surface area contributed by atoms with Gasteiger partial charge in [-0.15, -0.1) is 0 Å². The van der Waals surface area contributed by atoms with Crippen LogP contribution in [0.1, 0.15) is 51.6 Å². The summed E-state index contributed by atoms with van der Waals surface area (Å²) in [7, 11) is 0. The Morgan fingerprint density at radius 2 is 2.28 bits per heavy atom. The lowest BCUT2D eigenvalue weighted by molar-refractivity contribution is 0.405. The Morgan fingerprint density at radius 1 is 1.50 bits per heavy atom. The molecule has 0 spiro atoms. The van der Waals surface area contributed by atoms with Gasteiger partial charge in [0.25, 0.3) is 0 Å². The maximum atomic E-state index is 6.33. The first-order valence-corrected chi connectivity index (χ1v) is 7.45. The zero-order valence-electron chi connectivity index (χ0n) is 11.6. The minimum Gasteiger partial charge on any atom is -0.314 e. The van der Waals surface area contributed by atoms with E-state index in [1.165, 1.54) is 25.0 Å². The summed E-state index contributed by atoms with van der Waals surface area (Å²) in [5, 5.41) is 8.78. The Bertz CT molecular complexity index is 386. The highest BCUT2D eigenvalue weighted by Gasteiger charge is 2.32. The lowest BCUT2D eigenvalue weighted by Crippen LogP contribution is -2.30. The largest absolute Gasteiger partial charge is 0.314 e. The number of aryl methyl sites for hydroxylation is 1. The van der Waals surface area contributed by atoms with Crippen molar-refractivity contribution in [3.63, 3.8) is 0 Å². The molecule has 18 heavy (non-hydrogen) atoms. The molecule has 3 nitrogen and oxygen atoms in total. The predicted octanol–water partition coefficient (Wildman–Crippen LogP) is 3.44. The Hall–Kier alpha value is -0.540. The highest BCUT2D eigenvalue weighted by molar-refractivity contribution is 6.31. The summed E-state index contributed by atoms with van der Waals surface area (Å²) in [6.07, 6.45) is 5.65. The molecule has 102 valence electrons. The minimum absolute atomic E-state index is 0.554. The predicted molar refractivity (Wildman–Crippen MR) is 76.1 cm³/mol. The van der Waals surface area contributed by atoms with Crippen LogP contribution in [0.25, 0.3) is 0 Å². The topological polar surface area (TPSA) is 29.9 Å². The molecule has 1 fully saturated rings. The van der Waals surface area contributed by atoms with Gasteiger partial charge < -0.3 is 5.32 Å². The second-order valence-electron chi connectivity index (χ2n) is 5.55. The van der Waals surface area contributed by atoms with Gasteiger partial charge in [0.2, 0.25) is 0 Å². The zero-order valence-corrected chi connectivity index (χ0v) is 12.4. The number of nitrogens with one attached hydrogen (secondary N) is 1. The van der Waals surface area contributed by atoms with E-state index in [-0.39, 0.29) is 0 Å². The zero-order chi connectivity index (χ0) is 13.1. The van der Waals surface area contributed by atoms with Crippen molar-refractivity contribution in [2.24, 2.45) is 5.92 Å². The summed E-state index contributed by atoms with van der Waals surface area (Å²) in [5.74, 6) is 1.28. The SMILES string of the molecule is CCn1ncc(Cl)c1C1CCCC1CNC(C)C. The Balaban J connectivity index is 2.12. The third kappa shape index (κ3) is 2.89. The maximum Gasteiger partial charge on any atom is 0.0820 e. The number of aromatic nitrogens is 2. The van der Waals surface area contributed by atoms with E-state index in [2.05, 4.69) is 35.9 Å². The molecule has 0 aromatic carbocycles. The van der Waals surface area contributed by atoms with Gasteiger partial charge in [0.05, 0.1) is 16.9 Å². The molecule has 1 aliphatic rings. The molecule has 0 bridgehead atoms. The van der Waals surface area contributed by atoms with Crippen LogP contribution in [0.3, 0.4) is 0 Å². The molecule has 1 aromatic heterocycles. The third-order valence-corrected chi connectivity index (χ3v) is 4.22. The Labute approximate surface area is 115 Å². The molecule has 1 saturated carbocycles. The van der Waals surface area contributed by atoms with Gasteiger partial charge >= 0.3 is 0 Å². The van der Waals surface area contributed by atoms with Crippen molar-refractivity contribution in [1.82, 2.24) is 15.1 Å². The molecule has 2 atom stereocenters. The number of hydrogen-bond acceptors (Lipinski definition) is 2. The van der Waals surface area contributed by atoms with Crippen LogP contribution < -0.4 is 5.32 Å². The second kappa shape index (κ2) is 6.07. The molecule has 1 N–H and O–H groups in total. The first-order valence-electron chi connectivity index (χ1n) is 7.08. The fourth-order valence-corrected chi connectivity index (χ4v) is 3.30. The molecule has 2 unspecified atom stereocenters. The monoisotopic (exact) mass is 269 g/mol. The highest BCUT2D eigenvalue weighted by atomic mass is 35.5. The van der Waals surface area contributed by atoms with Crippen LogP contribution in [0.5, 0.6) is 0 Å². The molecular weight excluding hydrogens is 246 g/mol. The summed E-state index contributed by atoms with van der Waals surface area (Å²) in [4.78, 5) is 0. The smallest absolute Gasteiger partial charge is 0.0820 e. The van der Waals surface area contributed by atoms with Crippen molar-refractivity contribution in [2.45, 2.75) is 58.5 Å². The van der Waals surface area contributed by atoms with Gasteiger partial charge in [-0.2, -0.15) is 5.10 Å². The Morgan fingerprint density at radius 3 is 2.94 bits per heavy atom. The van der Waals surface area contributed by atoms with E-state index in [0.29, 0.717) is 17.9 Å². The number of nitrogens with zero attached hydrogens (tertiary/aromatic N) is 2. The number of hydrogen-bond donors (Lipinski definition) is 1. The van der Waals surface area contributed by atoms with E-state index in [0.717, 1.165) is 18.1 Å². The van der Waals surface area contributed by atoms with E-state index in [9.17, 15) is 0 Å². The first kappa shape index (κ1) is 13.9. The van der Waals surface area contributed by atoms with Gasteiger partial charge in [-0.1, -0.05) is 31.9 Å². The van der Waals surface area contributed by atoms with Crippen molar-refractivity contribution in [3.8, 4) is 0 Å². The van der Waals surface area contributed by atoms with Gasteiger partial charge in [0.1, 0.15) is 0 Å². The molecule has 2 rings (SSSR count). The highest BCUT2D eigenvalue weighted by Crippen LogP contribution is 2.41. The van der Waals surface area contributed by atoms with Crippen LogP contribution >= 0.6 is 11.6 Å². The summed E-state index contributed by atoms with van der Waals surface area (Å²) in [6, 6.07) is 0.554. The van der Waals surface area contributed by atoms with E-state index in [1.807, 2.05) is 0 Å². The number of halogens is 1. The van der Waals surface area contributed by atoms with Gasteiger partial charge in [0, 0.05) is 18.5 Å². The fourth-order valence-electron chi connectivity index (χ4n) is 3.02. The van der Waals surface area contributed by atoms with E-state index in [1.54, 1.807) is 6.20 Å². The average molecular weight is 270 g/mol. The van der Waals surface area contributed by atoms with Crippen molar-refractivity contribution >= 4 is 11.6 Å². The van der Waals surface area contributed by atoms with Crippen LogP contribution in [-0.4, -0.2) is 22.4 Å². The lowest BCUT2D eigenvalue weighted by atomic mass is 9.92. The van der Waals surface area contributed by atoms with Crippen molar-refractivity contribution in [1.29, 1.82) is 0 Å². The second-order valence-corrected chi connectivity index (χ2v) is 5.96. The van der Waals surface area contributed by atoms with E-state index in [4.69, 9.17) is 11.6 Å². The summed E-state index contributed by atoms with van der Waals surface area (Å²) in [5.41, 5.74) is 1.26. The number of rotatable bonds is 5. The average Bonchev–Trinajstić information content (AvgIpc) is 2.91. The van der Waals surface area contributed by atoms with Crippen LogP contribution in [0, 0.1) is 5.92 Å². The van der Waals surface area contributed by atoms with Gasteiger partial charge in [-0.25, -0.2) is 0 Å². The molecular formula is C14H24ClN3. The fraction of sp³-hybridized carbons (Fsp3) is 0.786. The summed E-state index contributed by atoms with van der Waals surface area (Å²) < 4.78 is 2.07. The first-order chi connectivity index (χ1) is 8.63. The molecule has 1 aromatic rings. The van der Waals surface area contributed by atoms with Gasteiger partial charge in [0.15, 0.2) is 0 Å². The van der Waals surface area contributed by atoms with E-state index >= 15 is 0 Å². The van der Waals surface area contributed by atoms with Crippen LogP contribution in [0.15, 0.2) is 6.20 Å². The molecule has 0 saturated heterocycles. The maximum absolute atomic E-state index is 6.33. The molecule has 0 aliphatic heterocycles. The minimum atomic E-state index is 0.554. The van der Waals surface area contributed by atoms with Crippen LogP contribution in [0.2, 0.25) is 5.02 Å². The molecule has 0 amide bonds. The van der Waals surface area contributed by atoms with E-state index < -0.39 is 0 Å². The normalized spacial score (nSPS) is 24.1. The standard InChI is InChI=1S/C14H24ClN3/c1-4-18-14(13(15)9-17-18)12-7-5-6-11(12)8-16-10(2)3/h9-12,16H,4-8H2,1-3H3. The van der Waals surface area contributed by atoms with Crippen molar-refractivity contribution in [2.75, 3.05) is 6.54 Å². The van der Waals surface area contributed by atoms with Gasteiger partial charge in [-0.05, 0) is 32.2 Å². The molecule has 1 aliphatic carbocycles. The van der Waals surface area contributed by atoms with Gasteiger partial charge in [-0.3, -0.25) is 4.68 Å². The molecule has 4 heteroatoms. The van der Waals surface area contributed by atoms with Crippen molar-refractivity contribution < 1.29 is 0 Å². The lowest BCUT2D eigenvalue weighted by Gasteiger charge is -2.22.